The molecule has 0 radical (unpaired) electrons. The van der Waals surface area contributed by atoms with Crippen molar-refractivity contribution in [2.24, 2.45) is 11.8 Å². The standard InChI is InChI=1S/C6H12/c1-5-3-4-6(5)2/h5-6H,3-4H2,1-2H3/t5-,6+/i3D,4D/t3-,4+,5+,6-. The van der Waals surface area contributed by atoms with E-state index in [9.17, 15) is 0 Å². The van der Waals surface area contributed by atoms with E-state index in [4.69, 9.17) is 2.74 Å². The third kappa shape index (κ3) is 0.444. The van der Waals surface area contributed by atoms with Gasteiger partial charge in [0.15, 0.2) is 0 Å². The molecule has 0 aromatic rings. The zero-order chi connectivity index (χ0) is 6.31. The molecule has 6 heavy (non-hydrogen) atoms. The van der Waals surface area contributed by atoms with Gasteiger partial charge in [0, 0.05) is 2.74 Å². The quantitative estimate of drug-likeness (QED) is 0.423. The Labute approximate surface area is 42.4 Å². The summed E-state index contributed by atoms with van der Waals surface area (Å²) in [6.45, 7) is 4.10. The van der Waals surface area contributed by atoms with Gasteiger partial charge >= 0.3 is 0 Å². The summed E-state index contributed by atoms with van der Waals surface area (Å²) in [5.41, 5.74) is 0. The van der Waals surface area contributed by atoms with E-state index in [-0.39, 0.29) is 12.8 Å². The lowest BCUT2D eigenvalue weighted by Crippen LogP contribution is -2.18. The maximum atomic E-state index is 7.27. The van der Waals surface area contributed by atoms with E-state index in [1.807, 2.05) is 13.8 Å². The average molecular weight is 86.2 g/mol. The molecule has 0 aromatic carbocycles. The Morgan fingerprint density at radius 2 is 1.67 bits per heavy atom. The Morgan fingerprint density at radius 1 is 1.33 bits per heavy atom. The molecule has 1 rings (SSSR count). The van der Waals surface area contributed by atoms with Gasteiger partial charge in [-0.15, -0.1) is 0 Å². The lowest BCUT2D eigenvalue weighted by Gasteiger charge is -2.29. The van der Waals surface area contributed by atoms with Crippen molar-refractivity contribution in [1.82, 2.24) is 0 Å². The van der Waals surface area contributed by atoms with Crippen LogP contribution in [0.25, 0.3) is 0 Å². The van der Waals surface area contributed by atoms with Crippen molar-refractivity contribution in [2.75, 3.05) is 0 Å². The van der Waals surface area contributed by atoms with Crippen LogP contribution in [0.4, 0.5) is 0 Å². The van der Waals surface area contributed by atoms with Crippen LogP contribution in [-0.2, 0) is 0 Å². The molecule has 1 fully saturated rings. The van der Waals surface area contributed by atoms with Gasteiger partial charge in [-0.05, 0) is 11.8 Å². The van der Waals surface area contributed by atoms with Crippen LogP contribution < -0.4 is 0 Å². The van der Waals surface area contributed by atoms with Gasteiger partial charge in [-0.1, -0.05) is 26.6 Å². The lowest BCUT2D eigenvalue weighted by molar-refractivity contribution is 0.219. The predicted octanol–water partition coefficient (Wildman–Crippen LogP) is 2.05. The Kier molecular flexibility index (Phi) is 0.488. The monoisotopic (exact) mass is 86.1 g/mol. The smallest absolute Gasteiger partial charge is 0.0269 e. The van der Waals surface area contributed by atoms with Crippen molar-refractivity contribution in [3.8, 4) is 0 Å². The van der Waals surface area contributed by atoms with Gasteiger partial charge in [0.2, 0.25) is 0 Å². The van der Waals surface area contributed by atoms with Crippen molar-refractivity contribution >= 4 is 0 Å². The van der Waals surface area contributed by atoms with Crippen LogP contribution in [0.5, 0.6) is 0 Å². The fourth-order valence-corrected chi connectivity index (χ4v) is 0.556. The normalized spacial score (nSPS) is 74.3. The van der Waals surface area contributed by atoms with Crippen molar-refractivity contribution in [1.29, 1.82) is 0 Å². The summed E-state index contributed by atoms with van der Waals surface area (Å²) < 4.78 is 14.5. The first-order chi connectivity index (χ1) is 3.64. The zero-order valence-corrected chi connectivity index (χ0v) is 4.31. The summed E-state index contributed by atoms with van der Waals surface area (Å²) in [5.74, 6) is 0.912. The molecule has 1 aliphatic rings. The lowest BCUT2D eigenvalue weighted by atomic mass is 9.77. The Balaban J connectivity index is 2.42. The molecule has 1 saturated carbocycles. The Morgan fingerprint density at radius 3 is 1.83 bits per heavy atom. The molecular weight excluding hydrogens is 72.1 g/mol. The summed E-state index contributed by atoms with van der Waals surface area (Å²) >= 11 is 0. The minimum Gasteiger partial charge on any atom is -0.0623 e. The van der Waals surface area contributed by atoms with Crippen LogP contribution in [0.15, 0.2) is 0 Å². The highest BCUT2D eigenvalue weighted by molar-refractivity contribution is 4.71. The van der Waals surface area contributed by atoms with Gasteiger partial charge in [0.1, 0.15) is 0 Å². The first-order valence-corrected chi connectivity index (χ1v) is 2.49. The molecule has 0 bridgehead atoms. The summed E-state index contributed by atoms with van der Waals surface area (Å²) in [6, 6.07) is 0. The van der Waals surface area contributed by atoms with Crippen LogP contribution in [0.3, 0.4) is 0 Å². The molecule has 36 valence electrons. The van der Waals surface area contributed by atoms with E-state index in [1.54, 1.807) is 0 Å². The molecule has 0 aromatic heterocycles. The van der Waals surface area contributed by atoms with E-state index in [0.717, 1.165) is 0 Å². The van der Waals surface area contributed by atoms with Crippen LogP contribution in [0, 0.1) is 11.8 Å². The third-order valence-electron chi connectivity index (χ3n) is 1.55. The number of hydrogen-bond donors (Lipinski definition) is 0. The van der Waals surface area contributed by atoms with E-state index in [2.05, 4.69) is 0 Å². The van der Waals surface area contributed by atoms with Gasteiger partial charge in [-0.2, -0.15) is 0 Å². The van der Waals surface area contributed by atoms with Crippen molar-refractivity contribution in [3.63, 3.8) is 0 Å². The number of hydrogen-bond acceptors (Lipinski definition) is 0. The molecule has 0 heteroatoms. The summed E-state index contributed by atoms with van der Waals surface area (Å²) in [5, 5.41) is 0. The van der Waals surface area contributed by atoms with E-state index >= 15 is 0 Å². The van der Waals surface area contributed by atoms with Gasteiger partial charge in [0.25, 0.3) is 0 Å². The molecule has 0 spiro atoms. The van der Waals surface area contributed by atoms with Crippen LogP contribution >= 0.6 is 0 Å². The second-order valence-corrected chi connectivity index (χ2v) is 2.10. The predicted molar refractivity (Wildman–Crippen MR) is 27.6 cm³/mol. The minimum atomic E-state index is -0.106. The molecule has 0 amide bonds. The topological polar surface area (TPSA) is 0 Å². The van der Waals surface area contributed by atoms with Crippen LogP contribution in [0.2, 0.25) is 0 Å². The first kappa shape index (κ1) is 2.34. The maximum Gasteiger partial charge on any atom is 0.0269 e. The second kappa shape index (κ2) is 1.25. The van der Waals surface area contributed by atoms with E-state index < -0.39 is 0 Å². The summed E-state index contributed by atoms with van der Waals surface area (Å²) in [6.07, 6.45) is -0.213. The largest absolute Gasteiger partial charge is 0.0623 e. The summed E-state index contributed by atoms with van der Waals surface area (Å²) in [7, 11) is 0. The Hall–Kier alpha value is 0. The molecule has 0 unspecified atom stereocenters. The molecule has 0 N–H and O–H groups in total. The SMILES string of the molecule is [2H][C@@H]1[C@H]([2H])[C@@H](C)[C@H]1C. The Bertz CT molecular complexity index is 60.5. The zero-order valence-electron chi connectivity index (χ0n) is 6.31. The van der Waals surface area contributed by atoms with Gasteiger partial charge < -0.3 is 0 Å². The number of rotatable bonds is 0. The highest BCUT2D eigenvalue weighted by atomic mass is 14.3. The highest BCUT2D eigenvalue weighted by Crippen LogP contribution is 2.32. The van der Waals surface area contributed by atoms with Gasteiger partial charge in [-0.25, -0.2) is 0 Å². The van der Waals surface area contributed by atoms with Gasteiger partial charge in [-0.3, -0.25) is 0 Å². The minimum absolute atomic E-state index is 0.106. The molecular formula is C6H12. The van der Waals surface area contributed by atoms with Crippen molar-refractivity contribution < 1.29 is 2.74 Å². The van der Waals surface area contributed by atoms with E-state index in [1.165, 1.54) is 0 Å². The first-order valence-electron chi connectivity index (χ1n) is 3.64. The third-order valence-corrected chi connectivity index (χ3v) is 1.55. The maximum absolute atomic E-state index is 7.27. The molecule has 0 heterocycles. The highest BCUT2D eigenvalue weighted by Gasteiger charge is 2.20. The molecule has 4 atom stereocenters. The van der Waals surface area contributed by atoms with Crippen LogP contribution in [-0.4, -0.2) is 0 Å². The van der Waals surface area contributed by atoms with Crippen molar-refractivity contribution in [3.05, 3.63) is 0 Å². The van der Waals surface area contributed by atoms with Crippen LogP contribution in [0.1, 0.15) is 29.4 Å². The molecule has 0 nitrogen and oxygen atoms in total. The van der Waals surface area contributed by atoms with Crippen molar-refractivity contribution in [2.45, 2.75) is 26.6 Å². The van der Waals surface area contributed by atoms with E-state index in [0.29, 0.717) is 11.8 Å². The molecule has 0 saturated heterocycles. The van der Waals surface area contributed by atoms with Gasteiger partial charge in [0.05, 0.1) is 0 Å². The fraction of sp³-hybridized carbons (Fsp3) is 1.00. The summed E-state index contributed by atoms with van der Waals surface area (Å²) in [4.78, 5) is 0. The molecule has 0 aliphatic heterocycles. The second-order valence-electron chi connectivity index (χ2n) is 2.10. The molecule has 1 aliphatic carbocycles. The average Bonchev–Trinajstić information content (AvgIpc) is 1.83. The fourth-order valence-electron chi connectivity index (χ4n) is 0.556.